The summed E-state index contributed by atoms with van der Waals surface area (Å²) in [4.78, 5) is 12.3. The van der Waals surface area contributed by atoms with Crippen molar-refractivity contribution in [3.05, 3.63) is 70.3 Å². The summed E-state index contributed by atoms with van der Waals surface area (Å²) < 4.78 is 34.9. The van der Waals surface area contributed by atoms with E-state index < -0.39 is 10.0 Å². The minimum Gasteiger partial charge on any atom is -0.470 e. The van der Waals surface area contributed by atoms with Crippen molar-refractivity contribution >= 4 is 21.4 Å². The summed E-state index contributed by atoms with van der Waals surface area (Å²) in [5, 5.41) is 2.09. The van der Waals surface area contributed by atoms with E-state index in [1.54, 1.807) is 40.2 Å². The highest BCUT2D eigenvalue weighted by atomic mass is 32.2. The Bertz CT molecular complexity index is 1150. The highest BCUT2D eigenvalue weighted by molar-refractivity contribution is 7.89. The Labute approximate surface area is 180 Å². The number of ether oxygens (including phenoxy) is 1. The van der Waals surface area contributed by atoms with Crippen LogP contribution in [0.2, 0.25) is 0 Å². The lowest BCUT2D eigenvalue weighted by atomic mass is 10.2. The molecule has 0 spiro atoms. The summed E-state index contributed by atoms with van der Waals surface area (Å²) in [6.45, 7) is 4.34. The second-order valence-electron chi connectivity index (χ2n) is 7.62. The van der Waals surface area contributed by atoms with Crippen LogP contribution in [0, 0.1) is 6.92 Å². The molecule has 0 bridgehead atoms. The summed E-state index contributed by atoms with van der Waals surface area (Å²) >= 11 is 1.73. The van der Waals surface area contributed by atoms with Crippen molar-refractivity contribution in [3.8, 4) is 5.88 Å². The zero-order valence-electron chi connectivity index (χ0n) is 16.5. The molecule has 0 saturated carbocycles. The lowest BCUT2D eigenvalue weighted by Crippen LogP contribution is -2.46. The molecule has 2 aliphatic heterocycles. The topological polar surface area (TPSA) is 75.6 Å². The van der Waals surface area contributed by atoms with Crippen LogP contribution in [0.4, 0.5) is 0 Å². The highest BCUT2D eigenvalue weighted by Gasteiger charge is 2.47. The third kappa shape index (κ3) is 3.51. The first-order chi connectivity index (χ1) is 14.5. The number of pyridine rings is 2. The molecule has 3 aromatic rings. The fraction of sp³-hybridized carbons (Fsp3) is 0.333. The monoisotopic (exact) mass is 442 g/mol. The molecule has 1 fully saturated rings. The van der Waals surface area contributed by atoms with Gasteiger partial charge in [-0.15, -0.1) is 11.3 Å². The normalized spacial score (nSPS) is 23.4. The molecule has 0 unspecified atom stereocenters. The third-order valence-electron chi connectivity index (χ3n) is 5.65. The molecule has 0 aliphatic carbocycles. The first-order valence-corrected chi connectivity index (χ1v) is 12.1. The maximum atomic E-state index is 13.6. The van der Waals surface area contributed by atoms with Crippen molar-refractivity contribution in [1.82, 2.24) is 19.2 Å². The quantitative estimate of drug-likeness (QED) is 0.618. The van der Waals surface area contributed by atoms with Gasteiger partial charge in [-0.05, 0) is 48.2 Å². The number of sulfonamides is 1. The smallest absolute Gasteiger partial charge is 0.249 e. The molecular weight excluding hydrogens is 420 g/mol. The van der Waals surface area contributed by atoms with Gasteiger partial charge in [0.05, 0.1) is 18.3 Å². The van der Waals surface area contributed by atoms with Crippen molar-refractivity contribution < 1.29 is 13.2 Å². The first-order valence-electron chi connectivity index (χ1n) is 9.81. The van der Waals surface area contributed by atoms with E-state index in [0.717, 1.165) is 6.54 Å². The SMILES string of the molecule is Cc1ccsc1CN1C[C@H]2Oc3ncccc3S(=O)(=O)N(Cc3ccccn3)[C@H]2C1. The predicted octanol–water partition coefficient (Wildman–Crippen LogP) is 2.68. The van der Waals surface area contributed by atoms with Crippen molar-refractivity contribution in [3.63, 3.8) is 0 Å². The van der Waals surface area contributed by atoms with Gasteiger partial charge in [0.15, 0.2) is 0 Å². The summed E-state index contributed by atoms with van der Waals surface area (Å²) in [6.07, 6.45) is 2.96. The van der Waals surface area contributed by atoms with Gasteiger partial charge in [0.2, 0.25) is 15.9 Å². The van der Waals surface area contributed by atoms with E-state index in [2.05, 4.69) is 33.2 Å². The van der Waals surface area contributed by atoms with Crippen LogP contribution in [0.3, 0.4) is 0 Å². The zero-order chi connectivity index (χ0) is 20.7. The van der Waals surface area contributed by atoms with Crippen LogP contribution in [-0.2, 0) is 23.1 Å². The molecule has 156 valence electrons. The number of likely N-dealkylation sites (tertiary alicyclic amines) is 1. The van der Waals surface area contributed by atoms with Gasteiger partial charge in [-0.2, -0.15) is 4.31 Å². The molecular formula is C21H22N4O3S2. The number of rotatable bonds is 4. The standard InChI is InChI=1S/C21H22N4O3S2/c1-15-7-10-29-19(15)14-24-12-17-18(13-24)28-21-20(6-4-9-23-21)30(26,27)25(17)11-16-5-2-3-8-22-16/h2-10,17-18H,11-14H2,1H3/t17-,18+/m0/s1. The van der Waals surface area contributed by atoms with Crippen LogP contribution in [0.25, 0.3) is 0 Å². The zero-order valence-corrected chi connectivity index (χ0v) is 18.1. The largest absolute Gasteiger partial charge is 0.470 e. The third-order valence-corrected chi connectivity index (χ3v) is 8.54. The molecule has 0 N–H and O–H groups in total. The van der Waals surface area contributed by atoms with Gasteiger partial charge in [0.25, 0.3) is 0 Å². The fourth-order valence-electron chi connectivity index (χ4n) is 4.09. The van der Waals surface area contributed by atoms with Crippen LogP contribution in [-0.4, -0.2) is 52.8 Å². The van der Waals surface area contributed by atoms with Gasteiger partial charge in [-0.25, -0.2) is 13.4 Å². The van der Waals surface area contributed by atoms with Gasteiger partial charge in [0, 0.05) is 36.9 Å². The number of aryl methyl sites for hydroxylation is 1. The van der Waals surface area contributed by atoms with E-state index in [1.165, 1.54) is 10.4 Å². The molecule has 5 heterocycles. The van der Waals surface area contributed by atoms with E-state index in [9.17, 15) is 8.42 Å². The molecule has 9 heteroatoms. The number of nitrogens with zero attached hydrogens (tertiary/aromatic N) is 4. The number of hydrogen-bond donors (Lipinski definition) is 0. The van der Waals surface area contributed by atoms with Crippen molar-refractivity contribution in [2.75, 3.05) is 13.1 Å². The molecule has 0 amide bonds. The van der Waals surface area contributed by atoms with E-state index >= 15 is 0 Å². The second-order valence-corrected chi connectivity index (χ2v) is 10.5. The summed E-state index contributed by atoms with van der Waals surface area (Å²) in [5.41, 5.74) is 1.97. The van der Waals surface area contributed by atoms with Crippen LogP contribution < -0.4 is 4.74 Å². The number of thiophene rings is 1. The average Bonchev–Trinajstić information content (AvgIpc) is 3.31. The molecule has 3 aromatic heterocycles. The molecule has 2 aliphatic rings. The molecule has 7 nitrogen and oxygen atoms in total. The van der Waals surface area contributed by atoms with E-state index in [0.29, 0.717) is 18.8 Å². The molecule has 1 saturated heterocycles. The minimum absolute atomic E-state index is 0.121. The minimum atomic E-state index is -3.78. The van der Waals surface area contributed by atoms with Gasteiger partial charge in [-0.1, -0.05) is 6.07 Å². The Morgan fingerprint density at radius 2 is 1.97 bits per heavy atom. The van der Waals surface area contributed by atoms with Crippen LogP contribution in [0.15, 0.2) is 59.1 Å². The summed E-state index contributed by atoms with van der Waals surface area (Å²) in [5.74, 6) is 0.185. The second kappa shape index (κ2) is 7.73. The lowest BCUT2D eigenvalue weighted by molar-refractivity contribution is 0.143. The Hall–Kier alpha value is -2.33. The predicted molar refractivity (Wildman–Crippen MR) is 114 cm³/mol. The van der Waals surface area contributed by atoms with Gasteiger partial charge in [-0.3, -0.25) is 9.88 Å². The molecule has 0 aromatic carbocycles. The number of aromatic nitrogens is 2. The van der Waals surface area contributed by atoms with Crippen molar-refractivity contribution in [2.45, 2.75) is 37.1 Å². The lowest BCUT2D eigenvalue weighted by Gasteiger charge is -2.27. The van der Waals surface area contributed by atoms with Crippen LogP contribution >= 0.6 is 11.3 Å². The molecule has 30 heavy (non-hydrogen) atoms. The van der Waals surface area contributed by atoms with E-state index in [1.807, 2.05) is 18.2 Å². The Kier molecular flexibility index (Phi) is 5.06. The van der Waals surface area contributed by atoms with Crippen molar-refractivity contribution in [1.29, 1.82) is 0 Å². The average molecular weight is 443 g/mol. The maximum absolute atomic E-state index is 13.6. The summed E-state index contributed by atoms with van der Waals surface area (Å²) in [7, 11) is -3.78. The van der Waals surface area contributed by atoms with E-state index in [-0.39, 0.29) is 29.5 Å². The first kappa shape index (κ1) is 19.6. The molecule has 5 rings (SSSR count). The molecule has 0 radical (unpaired) electrons. The maximum Gasteiger partial charge on any atom is 0.249 e. The van der Waals surface area contributed by atoms with Crippen LogP contribution in [0.5, 0.6) is 5.88 Å². The Morgan fingerprint density at radius 1 is 1.10 bits per heavy atom. The van der Waals surface area contributed by atoms with E-state index in [4.69, 9.17) is 4.74 Å². The van der Waals surface area contributed by atoms with Crippen LogP contribution in [0.1, 0.15) is 16.1 Å². The Balaban J connectivity index is 1.51. The summed E-state index contributed by atoms with van der Waals surface area (Å²) in [6, 6.07) is 10.5. The van der Waals surface area contributed by atoms with Gasteiger partial charge in [0.1, 0.15) is 11.0 Å². The highest BCUT2D eigenvalue weighted by Crippen LogP contribution is 2.36. The van der Waals surface area contributed by atoms with Gasteiger partial charge >= 0.3 is 0 Å². The van der Waals surface area contributed by atoms with Crippen molar-refractivity contribution in [2.24, 2.45) is 0 Å². The number of hydrogen-bond acceptors (Lipinski definition) is 7. The fourth-order valence-corrected chi connectivity index (χ4v) is 6.72. The Morgan fingerprint density at radius 3 is 2.73 bits per heavy atom. The van der Waals surface area contributed by atoms with Gasteiger partial charge < -0.3 is 4.74 Å². The molecule has 2 atom stereocenters. The number of fused-ring (bicyclic) bond motifs is 2.